The number of morpholine rings is 1. The van der Waals surface area contributed by atoms with E-state index in [1.54, 1.807) is 23.5 Å². The van der Waals surface area contributed by atoms with Gasteiger partial charge in [0.15, 0.2) is 4.80 Å². The molecule has 5 nitrogen and oxygen atoms in total. The molecule has 1 aliphatic heterocycles. The van der Waals surface area contributed by atoms with E-state index in [9.17, 15) is 0 Å². The first-order valence-electron chi connectivity index (χ1n) is 9.97. The van der Waals surface area contributed by atoms with Crippen LogP contribution in [0.3, 0.4) is 0 Å². The lowest BCUT2D eigenvalue weighted by atomic mass is 10.1. The van der Waals surface area contributed by atoms with Gasteiger partial charge in [0.1, 0.15) is 0 Å². The van der Waals surface area contributed by atoms with Crippen molar-refractivity contribution in [1.82, 2.24) is 4.57 Å². The summed E-state index contributed by atoms with van der Waals surface area (Å²) in [5.74, 6) is 0. The number of benzene rings is 2. The molecule has 2 aromatic carbocycles. The second kappa shape index (κ2) is 9.98. The molecule has 30 heavy (non-hydrogen) atoms. The number of aromatic nitrogens is 1. The van der Waals surface area contributed by atoms with Gasteiger partial charge in [0.2, 0.25) is 0 Å². The molecule has 0 spiro atoms. The van der Waals surface area contributed by atoms with Crippen LogP contribution >= 0.6 is 34.5 Å². The van der Waals surface area contributed by atoms with Crippen LogP contribution in [-0.4, -0.2) is 37.4 Å². The summed E-state index contributed by atoms with van der Waals surface area (Å²) >= 11 is 14.0. The third-order valence-electron chi connectivity index (χ3n) is 5.05. The summed E-state index contributed by atoms with van der Waals surface area (Å²) in [6.45, 7) is 4.84. The van der Waals surface area contributed by atoms with Crippen molar-refractivity contribution in [1.29, 1.82) is 0 Å². The van der Waals surface area contributed by atoms with E-state index < -0.39 is 0 Å². The van der Waals surface area contributed by atoms with Gasteiger partial charge in [-0.25, -0.2) is 4.99 Å². The number of thiazole rings is 1. The molecule has 4 rings (SSSR count). The van der Waals surface area contributed by atoms with Gasteiger partial charge in [-0.05, 0) is 48.9 Å². The minimum atomic E-state index is 0.540. The van der Waals surface area contributed by atoms with E-state index in [4.69, 9.17) is 38.7 Å². The van der Waals surface area contributed by atoms with Crippen LogP contribution in [0.4, 0.5) is 11.4 Å². The normalized spacial score (nSPS) is 15.0. The number of halogens is 2. The van der Waals surface area contributed by atoms with Crippen LogP contribution in [0, 0.1) is 0 Å². The summed E-state index contributed by atoms with van der Waals surface area (Å²) in [6, 6.07) is 14.1. The SMILES string of the molecule is NCCCn1c(-c2ccc(N3CCOCC3)cc2)csc1=Nc1ccc(Cl)cc1Cl. The maximum absolute atomic E-state index is 6.33. The van der Waals surface area contributed by atoms with Crippen LogP contribution in [0.1, 0.15) is 6.42 Å². The summed E-state index contributed by atoms with van der Waals surface area (Å²) < 4.78 is 7.67. The quantitative estimate of drug-likeness (QED) is 0.564. The van der Waals surface area contributed by atoms with Crippen molar-refractivity contribution >= 4 is 45.9 Å². The van der Waals surface area contributed by atoms with Crippen LogP contribution in [0.25, 0.3) is 11.3 Å². The molecule has 8 heteroatoms. The topological polar surface area (TPSA) is 55.8 Å². The molecule has 0 atom stereocenters. The average molecular weight is 463 g/mol. The van der Waals surface area contributed by atoms with Crippen molar-refractivity contribution in [3.63, 3.8) is 0 Å². The van der Waals surface area contributed by atoms with Crippen LogP contribution in [0.5, 0.6) is 0 Å². The van der Waals surface area contributed by atoms with E-state index >= 15 is 0 Å². The molecule has 1 saturated heterocycles. The van der Waals surface area contributed by atoms with Crippen molar-refractivity contribution in [3.05, 3.63) is 62.7 Å². The summed E-state index contributed by atoms with van der Waals surface area (Å²) in [5, 5.41) is 3.28. The van der Waals surface area contributed by atoms with E-state index in [-0.39, 0.29) is 0 Å². The molecule has 2 heterocycles. The van der Waals surface area contributed by atoms with Crippen LogP contribution < -0.4 is 15.4 Å². The molecular formula is C22H24Cl2N4OS. The molecule has 158 valence electrons. The molecule has 0 radical (unpaired) electrons. The Morgan fingerprint density at radius 3 is 2.53 bits per heavy atom. The summed E-state index contributed by atoms with van der Waals surface area (Å²) in [4.78, 5) is 8.04. The zero-order valence-electron chi connectivity index (χ0n) is 16.6. The second-order valence-corrected chi connectivity index (χ2v) is 8.73. The second-order valence-electron chi connectivity index (χ2n) is 7.05. The van der Waals surface area contributed by atoms with Crippen molar-refractivity contribution in [3.8, 4) is 11.3 Å². The third-order valence-corrected chi connectivity index (χ3v) is 6.45. The zero-order valence-corrected chi connectivity index (χ0v) is 18.9. The van der Waals surface area contributed by atoms with Gasteiger partial charge in [0, 0.05) is 35.7 Å². The maximum atomic E-state index is 6.33. The first kappa shape index (κ1) is 21.4. The molecule has 1 fully saturated rings. The van der Waals surface area contributed by atoms with Crippen LogP contribution in [-0.2, 0) is 11.3 Å². The Morgan fingerprint density at radius 1 is 1.07 bits per heavy atom. The highest BCUT2D eigenvalue weighted by Crippen LogP contribution is 2.29. The Labute approximate surface area is 190 Å². The van der Waals surface area contributed by atoms with Crippen molar-refractivity contribution < 1.29 is 4.74 Å². The van der Waals surface area contributed by atoms with E-state index in [2.05, 4.69) is 39.1 Å². The number of rotatable bonds is 6. The largest absolute Gasteiger partial charge is 0.378 e. The Bertz CT molecular complexity index is 1060. The minimum Gasteiger partial charge on any atom is -0.378 e. The standard InChI is InChI=1S/C22H24Cl2N4OS/c23-17-4-7-20(19(24)14-17)26-22-28(9-1-8-25)21(15-30-22)16-2-5-18(6-3-16)27-10-12-29-13-11-27/h2-7,14-15H,1,8-13,25H2. The number of ether oxygens (including phenoxy) is 1. The Morgan fingerprint density at radius 2 is 1.83 bits per heavy atom. The number of nitrogens with zero attached hydrogens (tertiary/aromatic N) is 3. The fourth-order valence-electron chi connectivity index (χ4n) is 3.45. The molecule has 3 aromatic rings. The Balaban J connectivity index is 1.68. The van der Waals surface area contributed by atoms with E-state index in [1.165, 1.54) is 5.69 Å². The van der Waals surface area contributed by atoms with Gasteiger partial charge >= 0.3 is 0 Å². The van der Waals surface area contributed by atoms with Gasteiger partial charge in [-0.2, -0.15) is 0 Å². The maximum Gasteiger partial charge on any atom is 0.190 e. The molecular weight excluding hydrogens is 439 g/mol. The van der Waals surface area contributed by atoms with Gasteiger partial charge in [0.25, 0.3) is 0 Å². The highest BCUT2D eigenvalue weighted by atomic mass is 35.5. The van der Waals surface area contributed by atoms with Crippen molar-refractivity contribution in [2.45, 2.75) is 13.0 Å². The summed E-state index contributed by atoms with van der Waals surface area (Å²) in [6.07, 6.45) is 0.872. The van der Waals surface area contributed by atoms with Crippen LogP contribution in [0.15, 0.2) is 52.8 Å². The Hall–Kier alpha value is -1.83. The molecule has 1 aromatic heterocycles. The van der Waals surface area contributed by atoms with E-state index in [1.807, 2.05) is 6.07 Å². The molecule has 2 N–H and O–H groups in total. The number of nitrogens with two attached hydrogens (primary N) is 1. The number of hydrogen-bond donors (Lipinski definition) is 1. The highest BCUT2D eigenvalue weighted by molar-refractivity contribution is 7.07. The fourth-order valence-corrected chi connectivity index (χ4v) is 4.85. The predicted octanol–water partition coefficient (Wildman–Crippen LogP) is 4.94. The summed E-state index contributed by atoms with van der Waals surface area (Å²) in [7, 11) is 0. The van der Waals surface area contributed by atoms with E-state index in [0.29, 0.717) is 22.3 Å². The molecule has 0 unspecified atom stereocenters. The van der Waals surface area contributed by atoms with E-state index in [0.717, 1.165) is 55.3 Å². The monoisotopic (exact) mass is 462 g/mol. The van der Waals surface area contributed by atoms with Crippen molar-refractivity contribution in [2.24, 2.45) is 10.7 Å². The smallest absolute Gasteiger partial charge is 0.190 e. The number of anilines is 1. The van der Waals surface area contributed by atoms with Crippen LogP contribution in [0.2, 0.25) is 10.0 Å². The lowest BCUT2D eigenvalue weighted by Crippen LogP contribution is -2.36. The predicted molar refractivity (Wildman–Crippen MR) is 126 cm³/mol. The molecule has 1 aliphatic rings. The van der Waals surface area contributed by atoms with Crippen molar-refractivity contribution in [2.75, 3.05) is 37.7 Å². The minimum absolute atomic E-state index is 0.540. The van der Waals surface area contributed by atoms with Gasteiger partial charge in [-0.15, -0.1) is 11.3 Å². The third kappa shape index (κ3) is 4.90. The first-order chi connectivity index (χ1) is 14.7. The highest BCUT2D eigenvalue weighted by Gasteiger charge is 2.13. The van der Waals surface area contributed by atoms with Gasteiger partial charge in [-0.1, -0.05) is 35.3 Å². The molecule has 0 bridgehead atoms. The summed E-state index contributed by atoms with van der Waals surface area (Å²) in [5.41, 5.74) is 10.0. The fraction of sp³-hybridized carbons (Fsp3) is 0.318. The molecule has 0 saturated carbocycles. The zero-order chi connectivity index (χ0) is 20.9. The first-order valence-corrected chi connectivity index (χ1v) is 11.6. The van der Waals surface area contributed by atoms with Gasteiger partial charge in [0.05, 0.1) is 29.6 Å². The Kier molecular flexibility index (Phi) is 7.12. The molecule has 0 amide bonds. The van der Waals surface area contributed by atoms with Gasteiger partial charge < -0.3 is 19.9 Å². The lowest BCUT2D eigenvalue weighted by Gasteiger charge is -2.28. The average Bonchev–Trinajstić information content (AvgIpc) is 3.17. The number of hydrogen-bond acceptors (Lipinski definition) is 5. The van der Waals surface area contributed by atoms with Gasteiger partial charge in [-0.3, -0.25) is 0 Å². The molecule has 0 aliphatic carbocycles. The lowest BCUT2D eigenvalue weighted by molar-refractivity contribution is 0.122.